The molecule has 0 saturated carbocycles. The van der Waals surface area contributed by atoms with Crippen molar-refractivity contribution < 1.29 is 19.4 Å². The summed E-state index contributed by atoms with van der Waals surface area (Å²) in [4.78, 5) is 31.7. The SMILES string of the molecule is CCOc1ccc(/C(O)=C2\C(=O)C(=O)N(Cc3cccnc3)C2c2ccccc2)cc1C. The predicted molar refractivity (Wildman–Crippen MR) is 121 cm³/mol. The molecule has 1 amide bonds. The Balaban J connectivity index is 1.83. The van der Waals surface area contributed by atoms with Crippen LogP contribution in [0.5, 0.6) is 5.75 Å². The summed E-state index contributed by atoms with van der Waals surface area (Å²) in [5.74, 6) is -0.837. The fourth-order valence-corrected chi connectivity index (χ4v) is 3.98. The number of ether oxygens (including phenoxy) is 1. The van der Waals surface area contributed by atoms with Crippen molar-refractivity contribution >= 4 is 17.4 Å². The minimum absolute atomic E-state index is 0.0775. The minimum atomic E-state index is -0.705. The summed E-state index contributed by atoms with van der Waals surface area (Å²) in [7, 11) is 0. The molecule has 2 aromatic carbocycles. The highest BCUT2D eigenvalue weighted by Crippen LogP contribution is 2.40. The van der Waals surface area contributed by atoms with Gasteiger partial charge in [-0.25, -0.2) is 0 Å². The molecule has 1 atom stereocenters. The van der Waals surface area contributed by atoms with E-state index in [0.29, 0.717) is 17.9 Å². The van der Waals surface area contributed by atoms with Crippen molar-refractivity contribution in [2.75, 3.05) is 6.61 Å². The first-order valence-corrected chi connectivity index (χ1v) is 10.5. The molecule has 1 aliphatic rings. The summed E-state index contributed by atoms with van der Waals surface area (Å²) in [5, 5.41) is 11.2. The monoisotopic (exact) mass is 428 g/mol. The van der Waals surface area contributed by atoms with Gasteiger partial charge in [-0.05, 0) is 54.8 Å². The quantitative estimate of drug-likeness (QED) is 0.357. The molecule has 1 aliphatic heterocycles. The Bertz CT molecular complexity index is 1170. The highest BCUT2D eigenvalue weighted by molar-refractivity contribution is 6.46. The van der Waals surface area contributed by atoms with Crippen LogP contribution in [0, 0.1) is 6.92 Å². The molecule has 0 spiro atoms. The molecule has 1 aromatic heterocycles. The second-order valence-corrected chi connectivity index (χ2v) is 7.61. The topological polar surface area (TPSA) is 79.7 Å². The number of amides is 1. The number of Topliss-reactive ketones (excluding diaryl/α,β-unsaturated/α-hetero) is 1. The molecule has 2 heterocycles. The number of likely N-dealkylation sites (tertiary alicyclic amines) is 1. The summed E-state index contributed by atoms with van der Waals surface area (Å²) < 4.78 is 5.58. The van der Waals surface area contributed by atoms with Crippen molar-refractivity contribution in [2.24, 2.45) is 0 Å². The summed E-state index contributed by atoms with van der Waals surface area (Å²) >= 11 is 0. The van der Waals surface area contributed by atoms with Crippen LogP contribution in [0.4, 0.5) is 0 Å². The van der Waals surface area contributed by atoms with Crippen LogP contribution in [0.1, 0.15) is 35.2 Å². The number of benzene rings is 2. The number of hydrogen-bond acceptors (Lipinski definition) is 5. The first-order chi connectivity index (χ1) is 15.5. The predicted octanol–water partition coefficient (Wildman–Crippen LogP) is 4.41. The van der Waals surface area contributed by atoms with Crippen LogP contribution >= 0.6 is 0 Å². The third-order valence-electron chi connectivity index (χ3n) is 5.48. The maximum absolute atomic E-state index is 13.1. The third kappa shape index (κ3) is 3.99. The Hall–Kier alpha value is -3.93. The maximum Gasteiger partial charge on any atom is 0.295 e. The molecule has 6 heteroatoms. The van der Waals surface area contributed by atoms with Gasteiger partial charge < -0.3 is 14.7 Å². The Morgan fingerprint density at radius 3 is 2.53 bits per heavy atom. The number of ketones is 1. The number of carbonyl (C=O) groups is 2. The van der Waals surface area contributed by atoms with Gasteiger partial charge >= 0.3 is 0 Å². The average Bonchev–Trinajstić information content (AvgIpc) is 3.06. The minimum Gasteiger partial charge on any atom is -0.507 e. The van der Waals surface area contributed by atoms with Crippen LogP contribution in [0.2, 0.25) is 0 Å². The van der Waals surface area contributed by atoms with Crippen molar-refractivity contribution in [1.82, 2.24) is 9.88 Å². The van der Waals surface area contributed by atoms with E-state index in [9.17, 15) is 14.7 Å². The summed E-state index contributed by atoms with van der Waals surface area (Å²) in [6, 6.07) is 17.4. The smallest absolute Gasteiger partial charge is 0.295 e. The standard InChI is InChI=1S/C26H24N2O4/c1-3-32-21-12-11-20(14-17(21)2)24(29)22-23(19-9-5-4-6-10-19)28(26(31)25(22)30)16-18-8-7-13-27-15-18/h4-15,23,29H,3,16H2,1-2H3/b24-22+. The zero-order valence-electron chi connectivity index (χ0n) is 18.0. The lowest BCUT2D eigenvalue weighted by Gasteiger charge is -2.25. The normalized spacial score (nSPS) is 17.6. The van der Waals surface area contributed by atoms with Crippen LogP contribution in [0.25, 0.3) is 5.76 Å². The molecular weight excluding hydrogens is 404 g/mol. The Morgan fingerprint density at radius 1 is 1.09 bits per heavy atom. The lowest BCUT2D eigenvalue weighted by Crippen LogP contribution is -2.29. The first-order valence-electron chi connectivity index (χ1n) is 10.5. The van der Waals surface area contributed by atoms with Gasteiger partial charge in [0.05, 0.1) is 18.2 Å². The molecule has 0 bridgehead atoms. The number of carbonyl (C=O) groups excluding carboxylic acids is 2. The van der Waals surface area contributed by atoms with Gasteiger partial charge in [-0.2, -0.15) is 0 Å². The lowest BCUT2D eigenvalue weighted by atomic mass is 9.94. The largest absolute Gasteiger partial charge is 0.507 e. The molecule has 6 nitrogen and oxygen atoms in total. The van der Waals surface area contributed by atoms with Crippen LogP contribution in [-0.4, -0.2) is 33.3 Å². The van der Waals surface area contributed by atoms with Crippen LogP contribution < -0.4 is 4.74 Å². The number of aromatic nitrogens is 1. The van der Waals surface area contributed by atoms with Crippen molar-refractivity contribution in [3.05, 3.63) is 101 Å². The summed E-state index contributed by atoms with van der Waals surface area (Å²) in [6.07, 6.45) is 3.32. The second-order valence-electron chi connectivity index (χ2n) is 7.61. The van der Waals surface area contributed by atoms with E-state index in [-0.39, 0.29) is 17.9 Å². The van der Waals surface area contributed by atoms with E-state index in [1.807, 2.05) is 50.2 Å². The van der Waals surface area contributed by atoms with Gasteiger partial charge in [-0.1, -0.05) is 36.4 Å². The van der Waals surface area contributed by atoms with Gasteiger partial charge in [0.2, 0.25) is 0 Å². The molecule has 1 saturated heterocycles. The molecule has 1 unspecified atom stereocenters. The van der Waals surface area contributed by atoms with E-state index in [4.69, 9.17) is 4.74 Å². The van der Waals surface area contributed by atoms with E-state index in [1.54, 1.807) is 36.7 Å². The van der Waals surface area contributed by atoms with E-state index in [2.05, 4.69) is 4.98 Å². The Labute approximate surface area is 186 Å². The number of pyridine rings is 1. The van der Waals surface area contributed by atoms with Crippen molar-refractivity contribution in [3.8, 4) is 5.75 Å². The van der Waals surface area contributed by atoms with Gasteiger partial charge in [0.15, 0.2) is 0 Å². The molecular formula is C26H24N2O4. The number of aliphatic hydroxyl groups is 1. The van der Waals surface area contributed by atoms with Crippen LogP contribution in [-0.2, 0) is 16.1 Å². The van der Waals surface area contributed by atoms with Crippen LogP contribution in [0.3, 0.4) is 0 Å². The first kappa shape index (κ1) is 21.3. The lowest BCUT2D eigenvalue weighted by molar-refractivity contribution is -0.140. The van der Waals surface area contributed by atoms with Gasteiger partial charge in [-0.15, -0.1) is 0 Å². The molecule has 3 aromatic rings. The van der Waals surface area contributed by atoms with Gasteiger partial charge in [0.25, 0.3) is 11.7 Å². The van der Waals surface area contributed by atoms with Crippen molar-refractivity contribution in [1.29, 1.82) is 0 Å². The second kappa shape index (κ2) is 9.06. The zero-order valence-corrected chi connectivity index (χ0v) is 18.0. The molecule has 32 heavy (non-hydrogen) atoms. The highest BCUT2D eigenvalue weighted by atomic mass is 16.5. The fraction of sp³-hybridized carbons (Fsp3) is 0.192. The number of nitrogens with zero attached hydrogens (tertiary/aromatic N) is 2. The molecule has 0 aliphatic carbocycles. The number of rotatable bonds is 6. The van der Waals surface area contributed by atoms with Gasteiger partial charge in [-0.3, -0.25) is 14.6 Å². The van der Waals surface area contributed by atoms with E-state index >= 15 is 0 Å². The van der Waals surface area contributed by atoms with Crippen molar-refractivity contribution in [2.45, 2.75) is 26.4 Å². The fourth-order valence-electron chi connectivity index (χ4n) is 3.98. The number of aliphatic hydroxyl groups excluding tert-OH is 1. The number of hydrogen-bond donors (Lipinski definition) is 1. The summed E-state index contributed by atoms with van der Waals surface area (Å²) in [6.45, 7) is 4.51. The van der Waals surface area contributed by atoms with E-state index in [1.165, 1.54) is 4.90 Å². The zero-order chi connectivity index (χ0) is 22.7. The van der Waals surface area contributed by atoms with Crippen molar-refractivity contribution in [3.63, 3.8) is 0 Å². The van der Waals surface area contributed by atoms with E-state index < -0.39 is 17.7 Å². The molecule has 1 fully saturated rings. The Kier molecular flexibility index (Phi) is 6.03. The Morgan fingerprint density at radius 2 is 1.88 bits per heavy atom. The molecule has 162 valence electrons. The average molecular weight is 428 g/mol. The molecule has 0 radical (unpaired) electrons. The summed E-state index contributed by atoms with van der Waals surface area (Å²) in [5.41, 5.74) is 2.92. The third-order valence-corrected chi connectivity index (χ3v) is 5.48. The van der Waals surface area contributed by atoms with Crippen LogP contribution in [0.15, 0.2) is 78.6 Å². The maximum atomic E-state index is 13.1. The van der Waals surface area contributed by atoms with Gasteiger partial charge in [0, 0.05) is 24.5 Å². The number of aryl methyl sites for hydroxylation is 1. The molecule has 4 rings (SSSR count). The highest BCUT2D eigenvalue weighted by Gasteiger charge is 2.46. The van der Waals surface area contributed by atoms with Gasteiger partial charge in [0.1, 0.15) is 11.5 Å². The van der Waals surface area contributed by atoms with E-state index in [0.717, 1.165) is 16.7 Å². The molecule has 1 N–H and O–H groups in total.